The Morgan fingerprint density at radius 2 is 0.909 bits per heavy atom. The summed E-state index contributed by atoms with van der Waals surface area (Å²) in [5.74, 6) is 0. The summed E-state index contributed by atoms with van der Waals surface area (Å²) in [5, 5.41) is 10.1. The monoisotopic (exact) mass is 177 g/mol. The van der Waals surface area contributed by atoms with Crippen molar-refractivity contribution in [3.05, 3.63) is 0 Å². The number of hydrogen-bond acceptors (Lipinski definition) is 0. The van der Waals surface area contributed by atoms with Gasteiger partial charge >= 0.3 is 0 Å². The van der Waals surface area contributed by atoms with Crippen molar-refractivity contribution in [3.8, 4) is 0 Å². The standard InChI is InChI=1S/C6H18N4P/c1-8(2)11(7,9(3)4)10(5)6/h1-6H3. The molecule has 11 heavy (non-hydrogen) atoms. The van der Waals surface area contributed by atoms with E-state index in [0.29, 0.717) is 0 Å². The van der Waals surface area contributed by atoms with Crippen molar-refractivity contribution < 1.29 is 0 Å². The lowest BCUT2D eigenvalue weighted by Crippen LogP contribution is -2.31. The van der Waals surface area contributed by atoms with E-state index in [2.05, 4.69) is 0 Å². The van der Waals surface area contributed by atoms with Gasteiger partial charge in [0.25, 0.3) is 0 Å². The summed E-state index contributed by atoms with van der Waals surface area (Å²) in [6.07, 6.45) is 0. The summed E-state index contributed by atoms with van der Waals surface area (Å²) in [4.78, 5) is 0. The predicted molar refractivity (Wildman–Crippen MR) is 50.1 cm³/mol. The first kappa shape index (κ1) is 11.1. The number of hydrogen-bond donors (Lipinski definition) is 0. The first-order chi connectivity index (χ1) is 4.83. The Kier molecular flexibility index (Phi) is 3.71. The van der Waals surface area contributed by atoms with Gasteiger partial charge in [0.1, 0.15) is 0 Å². The maximum atomic E-state index is 10.1. The van der Waals surface area contributed by atoms with Crippen LogP contribution in [-0.4, -0.2) is 56.3 Å². The minimum absolute atomic E-state index is 1.85. The van der Waals surface area contributed by atoms with Gasteiger partial charge in [0.15, 0.2) is 7.51 Å². The summed E-state index contributed by atoms with van der Waals surface area (Å²) < 4.78 is 5.56. The Balaban J connectivity index is 4.69. The molecular formula is C6H18N4P. The summed E-state index contributed by atoms with van der Waals surface area (Å²) in [6.45, 7) is 0. The zero-order valence-electron chi connectivity index (χ0n) is 8.24. The van der Waals surface area contributed by atoms with Crippen molar-refractivity contribution in [2.24, 2.45) is 0 Å². The molecular weight excluding hydrogens is 159 g/mol. The van der Waals surface area contributed by atoms with Gasteiger partial charge in [-0.15, -0.1) is 5.16 Å². The maximum absolute atomic E-state index is 10.1. The van der Waals surface area contributed by atoms with E-state index < -0.39 is 7.51 Å². The fraction of sp³-hybridized carbons (Fsp3) is 1.00. The lowest BCUT2D eigenvalue weighted by atomic mass is 11.2. The van der Waals surface area contributed by atoms with Crippen LogP contribution in [0.1, 0.15) is 0 Å². The zero-order valence-corrected chi connectivity index (χ0v) is 9.13. The summed E-state index contributed by atoms with van der Waals surface area (Å²) in [7, 11) is 9.11. The third-order valence-corrected chi connectivity index (χ3v) is 4.83. The second-order valence-electron chi connectivity index (χ2n) is 3.08. The van der Waals surface area contributed by atoms with Crippen LogP contribution in [0, 0.1) is 0 Å². The highest BCUT2D eigenvalue weighted by molar-refractivity contribution is 7.58. The van der Waals surface area contributed by atoms with Crippen LogP contribution in [0.3, 0.4) is 0 Å². The number of nitrogens with zero attached hydrogens (tertiary/aromatic N) is 4. The molecule has 0 aliphatic rings. The molecule has 0 aromatic rings. The minimum Gasteiger partial charge on any atom is -0.251 e. The van der Waals surface area contributed by atoms with E-state index in [0.717, 1.165) is 0 Å². The van der Waals surface area contributed by atoms with Gasteiger partial charge in [-0.2, -0.15) is 0 Å². The van der Waals surface area contributed by atoms with Crippen molar-refractivity contribution in [1.29, 1.82) is 0 Å². The molecule has 0 heterocycles. The fourth-order valence-electron chi connectivity index (χ4n) is 1.07. The van der Waals surface area contributed by atoms with Crippen molar-refractivity contribution in [1.82, 2.24) is 19.2 Å². The van der Waals surface area contributed by atoms with Crippen LogP contribution in [0.25, 0.3) is 0 Å². The Hall–Kier alpha value is 0.110. The van der Waals surface area contributed by atoms with Gasteiger partial charge in [-0.3, -0.25) is 14.0 Å². The fourth-order valence-corrected chi connectivity index (χ4v) is 3.22. The molecule has 5 heteroatoms. The minimum atomic E-state index is -2.19. The van der Waals surface area contributed by atoms with E-state index in [1.807, 2.05) is 56.3 Å². The van der Waals surface area contributed by atoms with Gasteiger partial charge in [0, 0.05) is 0 Å². The average molecular weight is 177 g/mol. The van der Waals surface area contributed by atoms with Crippen LogP contribution in [0.4, 0.5) is 0 Å². The van der Waals surface area contributed by atoms with E-state index in [1.54, 1.807) is 0 Å². The Bertz CT molecular complexity index is 135. The Labute approximate surface area is 69.8 Å². The zero-order chi connectivity index (χ0) is 9.23. The highest BCUT2D eigenvalue weighted by Gasteiger charge is 2.26. The number of rotatable bonds is 3. The van der Waals surface area contributed by atoms with Crippen LogP contribution in [-0.2, 0) is 0 Å². The highest BCUT2D eigenvalue weighted by Crippen LogP contribution is 2.49. The van der Waals surface area contributed by atoms with Gasteiger partial charge in [0.2, 0.25) is 0 Å². The van der Waals surface area contributed by atoms with Crippen molar-refractivity contribution in [2.75, 3.05) is 42.3 Å². The lowest BCUT2D eigenvalue weighted by molar-refractivity contribution is 0.474. The molecule has 0 N–H and O–H groups in total. The second kappa shape index (κ2) is 3.68. The molecule has 4 nitrogen and oxygen atoms in total. The molecule has 0 aliphatic heterocycles. The lowest BCUT2D eigenvalue weighted by Gasteiger charge is -2.37. The van der Waals surface area contributed by atoms with Crippen LogP contribution >= 0.6 is 7.51 Å². The molecule has 1 radical (unpaired) electrons. The quantitative estimate of drug-likeness (QED) is 0.585. The van der Waals surface area contributed by atoms with Crippen molar-refractivity contribution in [3.63, 3.8) is 0 Å². The molecule has 0 spiro atoms. The summed E-state index contributed by atoms with van der Waals surface area (Å²) in [6, 6.07) is 0. The molecule has 0 unspecified atom stereocenters. The molecule has 0 aromatic heterocycles. The third-order valence-electron chi connectivity index (χ3n) is 1.61. The molecule has 0 saturated heterocycles. The van der Waals surface area contributed by atoms with Gasteiger partial charge in [-0.25, -0.2) is 0 Å². The molecule has 0 fully saturated rings. The van der Waals surface area contributed by atoms with E-state index >= 15 is 0 Å². The van der Waals surface area contributed by atoms with Crippen LogP contribution in [0.2, 0.25) is 0 Å². The van der Waals surface area contributed by atoms with Gasteiger partial charge < -0.3 is 0 Å². The van der Waals surface area contributed by atoms with Crippen LogP contribution < -0.4 is 5.16 Å². The van der Waals surface area contributed by atoms with E-state index in [-0.39, 0.29) is 0 Å². The molecule has 0 rings (SSSR count). The van der Waals surface area contributed by atoms with Gasteiger partial charge in [-0.1, -0.05) is 0 Å². The van der Waals surface area contributed by atoms with Gasteiger partial charge in [0.05, 0.1) is 0 Å². The molecule has 67 valence electrons. The first-order valence-electron chi connectivity index (χ1n) is 3.48. The van der Waals surface area contributed by atoms with Crippen LogP contribution in [0.15, 0.2) is 0 Å². The molecule has 0 atom stereocenters. The summed E-state index contributed by atoms with van der Waals surface area (Å²) in [5.41, 5.74) is 0. The van der Waals surface area contributed by atoms with Gasteiger partial charge in [-0.05, 0) is 42.3 Å². The molecule has 0 amide bonds. The topological polar surface area (TPSA) is 32.0 Å². The average Bonchev–Trinajstić information content (AvgIpc) is 1.84. The SMILES string of the molecule is CN(C)P(=[N])(N(C)C)N(C)C. The highest BCUT2D eigenvalue weighted by atomic mass is 31.2. The van der Waals surface area contributed by atoms with Crippen LogP contribution in [0.5, 0.6) is 0 Å². The van der Waals surface area contributed by atoms with Crippen molar-refractivity contribution in [2.45, 2.75) is 0 Å². The van der Waals surface area contributed by atoms with E-state index in [9.17, 15) is 5.16 Å². The molecule has 0 bridgehead atoms. The van der Waals surface area contributed by atoms with E-state index in [4.69, 9.17) is 0 Å². The van der Waals surface area contributed by atoms with E-state index in [1.165, 1.54) is 0 Å². The summed E-state index contributed by atoms with van der Waals surface area (Å²) >= 11 is 0. The maximum Gasteiger partial charge on any atom is 0.192 e. The Morgan fingerprint density at radius 1 is 0.727 bits per heavy atom. The van der Waals surface area contributed by atoms with Crippen molar-refractivity contribution >= 4 is 7.51 Å². The smallest absolute Gasteiger partial charge is 0.192 e. The third kappa shape index (κ3) is 2.03. The normalized spacial score (nSPS) is 13.5. The first-order valence-corrected chi connectivity index (χ1v) is 5.08. The predicted octanol–water partition coefficient (Wildman–Crippen LogP) is 0.417. The molecule has 0 aromatic carbocycles. The Morgan fingerprint density at radius 3 is 0.909 bits per heavy atom. The molecule has 0 saturated carbocycles. The largest absolute Gasteiger partial charge is 0.251 e. The second-order valence-corrected chi connectivity index (χ2v) is 6.55. The molecule has 0 aliphatic carbocycles.